The van der Waals surface area contributed by atoms with Crippen LogP contribution in [0.1, 0.15) is 55.5 Å². The number of aromatic nitrogens is 4. The molecule has 2 aromatic rings. The lowest BCUT2D eigenvalue weighted by Crippen LogP contribution is -2.35. The Morgan fingerprint density at radius 2 is 1.83 bits per heavy atom. The van der Waals surface area contributed by atoms with E-state index in [0.29, 0.717) is 30.5 Å². The molecule has 1 aromatic carbocycles. The van der Waals surface area contributed by atoms with Crippen LogP contribution in [0.3, 0.4) is 0 Å². The number of hydrogen-bond donors (Lipinski definition) is 0. The highest BCUT2D eigenvalue weighted by molar-refractivity contribution is 7.19. The van der Waals surface area contributed by atoms with Crippen molar-refractivity contribution in [1.29, 1.82) is 0 Å². The predicted molar refractivity (Wildman–Crippen MR) is 129 cm³/mol. The lowest BCUT2D eigenvalue weighted by Gasteiger charge is -2.22. The molecular formula is C24H25ClF3N4O2S-. The van der Waals surface area contributed by atoms with Crippen LogP contribution in [0, 0.1) is 0 Å². The first-order valence-corrected chi connectivity index (χ1v) is 12.8. The number of imidazole rings is 1. The molecule has 1 aromatic heterocycles. The highest BCUT2D eigenvalue weighted by Gasteiger charge is 2.31. The molecule has 0 saturated heterocycles. The van der Waals surface area contributed by atoms with Gasteiger partial charge in [-0.1, -0.05) is 32.8 Å². The van der Waals surface area contributed by atoms with Gasteiger partial charge in [0.1, 0.15) is 5.69 Å². The second-order valence-corrected chi connectivity index (χ2v) is 9.91. The number of aryl methyl sites for hydroxylation is 2. The predicted octanol–water partition coefficient (Wildman–Crippen LogP) is 5.89. The fraction of sp³-hybridized carbons (Fsp3) is 0.458. The van der Waals surface area contributed by atoms with Crippen molar-refractivity contribution in [2.24, 2.45) is 0 Å². The molecule has 4 rings (SSSR count). The summed E-state index contributed by atoms with van der Waals surface area (Å²) in [7, 11) is 0. The molecule has 0 bridgehead atoms. The smallest absolute Gasteiger partial charge is 0.416 e. The summed E-state index contributed by atoms with van der Waals surface area (Å²) in [6.07, 6.45) is -0.0378. The van der Waals surface area contributed by atoms with Crippen LogP contribution in [0.25, 0.3) is 21.6 Å². The van der Waals surface area contributed by atoms with Crippen molar-refractivity contribution in [2.45, 2.75) is 71.6 Å². The highest BCUT2D eigenvalue weighted by Crippen LogP contribution is 2.38. The van der Waals surface area contributed by atoms with Gasteiger partial charge in [0.05, 0.1) is 5.56 Å². The van der Waals surface area contributed by atoms with Crippen LogP contribution < -0.4 is 10.8 Å². The molecule has 11 heteroatoms. The Bertz CT molecular complexity index is 1380. The molecule has 0 radical (unpaired) electrons. The van der Waals surface area contributed by atoms with Crippen LogP contribution in [0.2, 0.25) is 5.28 Å². The van der Waals surface area contributed by atoms with Gasteiger partial charge < -0.3 is 9.67 Å². The molecule has 0 aliphatic carbocycles. The van der Waals surface area contributed by atoms with Gasteiger partial charge >= 0.3 is 11.9 Å². The fourth-order valence-corrected chi connectivity index (χ4v) is 5.91. The SMILES string of the molecule is CCCCCn1c2nc(Cl)nc-2c([O-])n(CCCc2sc3cc(C(F)(F)F)ccc3c2CC)c1=O. The minimum absolute atomic E-state index is 0.0712. The maximum absolute atomic E-state index is 13.2. The first-order chi connectivity index (χ1) is 16.7. The van der Waals surface area contributed by atoms with Crippen LogP contribution in [0.5, 0.6) is 5.88 Å². The molecule has 188 valence electrons. The van der Waals surface area contributed by atoms with E-state index in [-0.39, 0.29) is 23.3 Å². The van der Waals surface area contributed by atoms with Crippen LogP contribution in [-0.2, 0) is 32.1 Å². The van der Waals surface area contributed by atoms with E-state index in [0.717, 1.165) is 41.2 Å². The molecule has 0 unspecified atom stereocenters. The van der Waals surface area contributed by atoms with E-state index in [1.165, 1.54) is 32.6 Å². The average molecular weight is 526 g/mol. The molecule has 0 amide bonds. The maximum Gasteiger partial charge on any atom is 0.416 e. The monoisotopic (exact) mass is 525 g/mol. The Hall–Kier alpha value is -2.59. The molecule has 35 heavy (non-hydrogen) atoms. The maximum atomic E-state index is 13.2. The topological polar surface area (TPSA) is 75.8 Å². The number of nitrogens with zero attached hydrogens (tertiary/aromatic N) is 4. The number of unbranched alkanes of at least 4 members (excludes halogenated alkanes) is 2. The molecule has 0 fully saturated rings. The Morgan fingerprint density at radius 1 is 1.09 bits per heavy atom. The molecule has 3 heterocycles. The minimum Gasteiger partial charge on any atom is -0.858 e. The number of alkyl halides is 3. The van der Waals surface area contributed by atoms with Gasteiger partial charge in [0.2, 0.25) is 5.28 Å². The van der Waals surface area contributed by atoms with Gasteiger partial charge in [0.15, 0.2) is 5.82 Å². The van der Waals surface area contributed by atoms with Gasteiger partial charge in [0.25, 0.3) is 0 Å². The van der Waals surface area contributed by atoms with Crippen molar-refractivity contribution in [3.63, 3.8) is 0 Å². The largest absolute Gasteiger partial charge is 0.858 e. The Labute approximate surface area is 209 Å². The lowest BCUT2D eigenvalue weighted by atomic mass is 10.0. The summed E-state index contributed by atoms with van der Waals surface area (Å²) in [6, 6.07) is 3.83. The fourth-order valence-electron chi connectivity index (χ4n) is 4.37. The molecule has 0 spiro atoms. The summed E-state index contributed by atoms with van der Waals surface area (Å²) in [5, 5.41) is 13.7. The summed E-state index contributed by atoms with van der Waals surface area (Å²) in [5.74, 6) is -0.325. The Balaban J connectivity index is 1.61. The average Bonchev–Trinajstić information content (AvgIpc) is 3.37. The third kappa shape index (κ3) is 5.04. The molecule has 0 saturated carbocycles. The first-order valence-electron chi connectivity index (χ1n) is 11.6. The number of rotatable bonds is 9. The van der Waals surface area contributed by atoms with Gasteiger partial charge in [0, 0.05) is 22.7 Å². The molecule has 0 N–H and O–H groups in total. The standard InChI is InChI=1S/C24H26ClF3N4O2S/c1-3-5-6-11-31-20-19(29-22(25)30-20)21(33)32(23(31)34)12-7-8-17-15(4-2)16-10-9-14(24(26,27)28)13-18(16)35-17/h9-10,13,33H,3-8,11-12H2,1-2H3/p-1. The van der Waals surface area contributed by atoms with Crippen molar-refractivity contribution in [3.05, 3.63) is 50.0 Å². The number of thiophene rings is 1. The molecule has 6 nitrogen and oxygen atoms in total. The van der Waals surface area contributed by atoms with E-state index in [4.69, 9.17) is 11.6 Å². The quantitative estimate of drug-likeness (QED) is 0.202. The number of benzene rings is 1. The van der Waals surface area contributed by atoms with E-state index in [1.807, 2.05) is 6.92 Å². The van der Waals surface area contributed by atoms with E-state index in [1.54, 1.807) is 0 Å². The van der Waals surface area contributed by atoms with Crippen molar-refractivity contribution < 1.29 is 18.3 Å². The number of halogens is 4. The van der Waals surface area contributed by atoms with E-state index >= 15 is 0 Å². The van der Waals surface area contributed by atoms with Crippen LogP contribution in [-0.4, -0.2) is 19.1 Å². The Kier molecular flexibility index (Phi) is 7.42. The van der Waals surface area contributed by atoms with Crippen molar-refractivity contribution in [2.75, 3.05) is 0 Å². The lowest BCUT2D eigenvalue weighted by molar-refractivity contribution is -0.279. The van der Waals surface area contributed by atoms with E-state index < -0.39 is 23.3 Å². The zero-order valence-corrected chi connectivity index (χ0v) is 21.0. The summed E-state index contributed by atoms with van der Waals surface area (Å²) in [6.45, 7) is 4.60. The summed E-state index contributed by atoms with van der Waals surface area (Å²) in [4.78, 5) is 22.2. The zero-order chi connectivity index (χ0) is 25.3. The normalized spacial score (nSPS) is 12.3. The third-order valence-electron chi connectivity index (χ3n) is 6.11. The van der Waals surface area contributed by atoms with Gasteiger partial charge in [-0.25, -0.2) is 9.78 Å². The summed E-state index contributed by atoms with van der Waals surface area (Å²) >= 11 is 7.27. The molecule has 2 aliphatic rings. The minimum atomic E-state index is -4.39. The van der Waals surface area contributed by atoms with Crippen molar-refractivity contribution in [3.8, 4) is 17.4 Å². The van der Waals surface area contributed by atoms with Crippen LogP contribution in [0.15, 0.2) is 23.0 Å². The number of hydrogen-bond acceptors (Lipinski definition) is 5. The second kappa shape index (κ2) is 10.2. The Morgan fingerprint density at radius 3 is 2.51 bits per heavy atom. The van der Waals surface area contributed by atoms with Gasteiger partial charge in [-0.3, -0.25) is 4.57 Å². The van der Waals surface area contributed by atoms with E-state index in [9.17, 15) is 23.1 Å². The first kappa shape index (κ1) is 25.5. The molecule has 0 atom stereocenters. The number of fused-ring (bicyclic) bond motifs is 2. The summed E-state index contributed by atoms with van der Waals surface area (Å²) in [5.41, 5.74) is -0.0375. The van der Waals surface area contributed by atoms with E-state index in [2.05, 4.69) is 16.9 Å². The molecule has 2 aliphatic heterocycles. The molecular weight excluding hydrogens is 501 g/mol. The highest BCUT2D eigenvalue weighted by atomic mass is 35.5. The van der Waals surface area contributed by atoms with Gasteiger partial charge in [-0.2, -0.15) is 18.2 Å². The van der Waals surface area contributed by atoms with Crippen molar-refractivity contribution >= 4 is 33.0 Å². The zero-order valence-electron chi connectivity index (χ0n) is 19.4. The van der Waals surface area contributed by atoms with Crippen molar-refractivity contribution in [1.82, 2.24) is 19.1 Å². The van der Waals surface area contributed by atoms with Gasteiger partial charge in [-0.05, 0) is 66.2 Å². The second-order valence-electron chi connectivity index (χ2n) is 8.43. The van der Waals surface area contributed by atoms with Crippen LogP contribution >= 0.6 is 22.9 Å². The van der Waals surface area contributed by atoms with Gasteiger partial charge in [-0.15, -0.1) is 11.3 Å². The van der Waals surface area contributed by atoms with Crippen LogP contribution in [0.4, 0.5) is 13.2 Å². The summed E-state index contributed by atoms with van der Waals surface area (Å²) < 4.78 is 42.6. The third-order valence-corrected chi connectivity index (χ3v) is 7.53.